The number of nitriles is 1. The third kappa shape index (κ3) is 3.55. The van der Waals surface area contributed by atoms with Gasteiger partial charge in [-0.25, -0.2) is 8.78 Å². The maximum atomic E-state index is 13.5. The number of nitrogens with zero attached hydrogens (tertiary/aromatic N) is 4. The van der Waals surface area contributed by atoms with Gasteiger partial charge in [0.2, 0.25) is 6.19 Å². The molecule has 40 heavy (non-hydrogen) atoms. The van der Waals surface area contributed by atoms with Gasteiger partial charge in [-0.1, -0.05) is 48.5 Å². The number of rotatable bonds is 2. The number of fused-ring (bicyclic) bond motifs is 6. The highest BCUT2D eigenvalue weighted by atomic mass is 19.1. The number of hydrogen-bond donors (Lipinski definition) is 0. The summed E-state index contributed by atoms with van der Waals surface area (Å²) < 4.78 is 27.0. The van der Waals surface area contributed by atoms with Crippen LogP contribution >= 0.6 is 0 Å². The van der Waals surface area contributed by atoms with E-state index in [0.29, 0.717) is 10.7 Å². The molecule has 0 heterocycles. The Hall–Kier alpha value is -5.72. The highest BCUT2D eigenvalue weighted by Crippen LogP contribution is 2.35. The van der Waals surface area contributed by atoms with Crippen molar-refractivity contribution in [2.45, 2.75) is 0 Å². The maximum Gasteiger partial charge on any atom is 0.206 e. The first-order valence-electron chi connectivity index (χ1n) is 12.5. The van der Waals surface area contributed by atoms with Crippen molar-refractivity contribution in [1.82, 2.24) is 0 Å². The minimum Gasteiger partial charge on any atom is -0.207 e. The molecule has 0 saturated heterocycles. The molecule has 7 aromatic carbocycles. The van der Waals surface area contributed by atoms with Gasteiger partial charge in [-0.3, -0.25) is 0 Å². The molecule has 6 heteroatoms. The molecule has 0 saturated carbocycles. The predicted molar refractivity (Wildman–Crippen MR) is 153 cm³/mol. The van der Waals surface area contributed by atoms with E-state index >= 15 is 0 Å². The van der Waals surface area contributed by atoms with Crippen LogP contribution in [0, 0.1) is 29.7 Å². The first-order chi connectivity index (χ1) is 19.6. The van der Waals surface area contributed by atoms with Crippen LogP contribution in [-0.2, 0) is 0 Å². The van der Waals surface area contributed by atoms with Gasteiger partial charge in [0.25, 0.3) is 0 Å². The van der Waals surface area contributed by atoms with Crippen LogP contribution in [0.5, 0.6) is 0 Å². The molecule has 0 radical (unpaired) electrons. The van der Waals surface area contributed by atoms with E-state index in [-0.39, 0.29) is 11.6 Å². The van der Waals surface area contributed by atoms with Crippen molar-refractivity contribution in [3.8, 4) is 28.4 Å². The molecule has 0 aliphatic heterocycles. The lowest BCUT2D eigenvalue weighted by molar-refractivity contribution is 0.627. The smallest absolute Gasteiger partial charge is 0.206 e. The van der Waals surface area contributed by atoms with Crippen molar-refractivity contribution in [2.75, 3.05) is 0 Å². The normalized spacial score (nSPS) is 12.5. The largest absolute Gasteiger partial charge is 0.207 e. The van der Waals surface area contributed by atoms with Gasteiger partial charge in [-0.2, -0.15) is 16.8 Å². The van der Waals surface area contributed by atoms with Gasteiger partial charge in [0.1, 0.15) is 11.6 Å². The molecular formula is C34H16F2N4. The quantitative estimate of drug-likeness (QED) is 0.130. The fourth-order valence-electron chi connectivity index (χ4n) is 5.65. The van der Waals surface area contributed by atoms with Crippen LogP contribution in [0.3, 0.4) is 0 Å². The summed E-state index contributed by atoms with van der Waals surface area (Å²) in [5.74, 6) is -0.609. The van der Waals surface area contributed by atoms with E-state index in [1.54, 1.807) is 24.3 Å². The van der Waals surface area contributed by atoms with Crippen molar-refractivity contribution in [3.05, 3.63) is 131 Å². The number of halogens is 2. The van der Waals surface area contributed by atoms with Gasteiger partial charge in [0.15, 0.2) is 5.36 Å². The average Bonchev–Trinajstić information content (AvgIpc) is 3.44. The highest BCUT2D eigenvalue weighted by molar-refractivity contribution is 6.21. The Morgan fingerprint density at radius 3 is 1.43 bits per heavy atom. The molecule has 0 unspecified atom stereocenters. The third-order valence-corrected chi connectivity index (χ3v) is 7.46. The lowest BCUT2D eigenvalue weighted by Gasteiger charge is -2.02. The predicted octanol–water partition coefficient (Wildman–Crippen LogP) is 7.90. The fourth-order valence-corrected chi connectivity index (χ4v) is 5.65. The van der Waals surface area contributed by atoms with Gasteiger partial charge >= 0.3 is 0 Å². The monoisotopic (exact) mass is 518 g/mol. The summed E-state index contributed by atoms with van der Waals surface area (Å²) in [5.41, 5.74) is 3.50. The summed E-state index contributed by atoms with van der Waals surface area (Å²) in [6.45, 7) is 7.48. The summed E-state index contributed by atoms with van der Waals surface area (Å²) in [7, 11) is 0. The SMILES string of the molecule is [C-]#[N+]/N=c1\c2cc(-c3ccc(F)cc3)ccc2c2cc3c(=NC#N)c4cc(-c5ccc(F)cc5)ccc4c3cc12. The Balaban J connectivity index is 1.54. The summed E-state index contributed by atoms with van der Waals surface area (Å²) in [5, 5.41) is 21.8. The van der Waals surface area contributed by atoms with Gasteiger partial charge in [0, 0.05) is 21.5 Å². The molecule has 0 bridgehead atoms. The zero-order valence-electron chi connectivity index (χ0n) is 20.8. The zero-order chi connectivity index (χ0) is 27.4. The molecule has 0 fully saturated rings. The van der Waals surface area contributed by atoms with Crippen molar-refractivity contribution < 1.29 is 8.78 Å². The van der Waals surface area contributed by atoms with Crippen molar-refractivity contribution in [1.29, 1.82) is 5.26 Å². The first kappa shape index (κ1) is 23.4. The van der Waals surface area contributed by atoms with E-state index in [2.05, 4.69) is 15.0 Å². The molecule has 186 valence electrons. The second-order valence-corrected chi connectivity index (χ2v) is 9.59. The van der Waals surface area contributed by atoms with E-state index in [9.17, 15) is 14.0 Å². The summed E-state index contributed by atoms with van der Waals surface area (Å²) in [4.78, 5) is 7.56. The number of hydrogen-bond acceptors (Lipinski definition) is 3. The molecule has 4 nitrogen and oxygen atoms in total. The Morgan fingerprint density at radius 2 is 0.950 bits per heavy atom. The molecule has 0 spiro atoms. The lowest BCUT2D eigenvalue weighted by atomic mass is 10.0. The molecule has 0 aliphatic carbocycles. The first-order valence-corrected chi connectivity index (χ1v) is 12.5. The van der Waals surface area contributed by atoms with Gasteiger partial charge in [-0.05, 0) is 92.3 Å². The molecule has 0 aliphatic rings. The van der Waals surface area contributed by atoms with Crippen LogP contribution in [0.15, 0.2) is 107 Å². The molecule has 0 aromatic heterocycles. The molecule has 0 amide bonds. The van der Waals surface area contributed by atoms with E-state index in [4.69, 9.17) is 6.57 Å². The van der Waals surface area contributed by atoms with Crippen LogP contribution in [-0.4, -0.2) is 0 Å². The second-order valence-electron chi connectivity index (χ2n) is 9.59. The molecule has 0 atom stereocenters. The van der Waals surface area contributed by atoms with E-state index < -0.39 is 0 Å². The van der Waals surface area contributed by atoms with E-state index in [1.165, 1.54) is 24.3 Å². The van der Waals surface area contributed by atoms with Crippen molar-refractivity contribution >= 4 is 43.1 Å². The van der Waals surface area contributed by atoms with Gasteiger partial charge in [0.05, 0.1) is 10.5 Å². The van der Waals surface area contributed by atoms with Crippen LogP contribution in [0.4, 0.5) is 8.78 Å². The third-order valence-electron chi connectivity index (χ3n) is 7.46. The minimum absolute atomic E-state index is 0.304. The lowest BCUT2D eigenvalue weighted by Crippen LogP contribution is -1.99. The Morgan fingerprint density at radius 1 is 0.525 bits per heavy atom. The van der Waals surface area contributed by atoms with Gasteiger partial charge in [-0.15, -0.1) is 4.95 Å². The van der Waals surface area contributed by atoms with Gasteiger partial charge < -0.3 is 0 Å². The summed E-state index contributed by atoms with van der Waals surface area (Å²) >= 11 is 0. The van der Waals surface area contributed by atoms with Crippen LogP contribution in [0.2, 0.25) is 0 Å². The van der Waals surface area contributed by atoms with E-state index in [1.807, 2.05) is 54.7 Å². The minimum atomic E-state index is -0.305. The molecule has 7 rings (SSSR count). The molecule has 0 N–H and O–H groups in total. The topological polar surface area (TPSA) is 52.9 Å². The highest BCUT2D eigenvalue weighted by Gasteiger charge is 2.17. The molecule has 7 aromatic rings. The Kier molecular flexibility index (Phi) is 5.23. The van der Waals surface area contributed by atoms with Crippen molar-refractivity contribution in [2.24, 2.45) is 10.1 Å². The van der Waals surface area contributed by atoms with Crippen LogP contribution < -0.4 is 10.7 Å². The number of benzene rings is 5. The zero-order valence-corrected chi connectivity index (χ0v) is 20.8. The van der Waals surface area contributed by atoms with Crippen molar-refractivity contribution in [3.63, 3.8) is 0 Å². The van der Waals surface area contributed by atoms with Crippen LogP contribution in [0.1, 0.15) is 0 Å². The van der Waals surface area contributed by atoms with E-state index in [0.717, 1.165) is 65.3 Å². The summed E-state index contributed by atoms with van der Waals surface area (Å²) in [6.07, 6.45) is 1.95. The Labute approximate surface area is 226 Å². The molecular weight excluding hydrogens is 502 g/mol. The fraction of sp³-hybridized carbons (Fsp3) is 0. The standard InChI is InChI=1S/C34H16F2N4/c1-38-40-34-30-15-22(20-4-10-24(36)11-5-20)7-13-26(30)28-16-31-27(17-32(28)34)25-12-6-21(14-29(25)33(31)39-18-37)19-2-8-23(35)9-3-19/h2-17H/b39-33?,40-34+. The average molecular weight is 519 g/mol. The Bertz CT molecular complexity index is 2180. The van der Waals surface area contributed by atoms with Crippen LogP contribution in [0.25, 0.3) is 70.3 Å². The summed E-state index contributed by atoms with van der Waals surface area (Å²) in [6, 6.07) is 28.5. The maximum absolute atomic E-state index is 13.5. The second kappa shape index (κ2) is 8.94.